The van der Waals surface area contributed by atoms with Gasteiger partial charge < -0.3 is 4.89 Å². The van der Waals surface area contributed by atoms with Crippen LogP contribution in [0.1, 0.15) is 21.6 Å². The molecule has 3 aromatic rings. The number of carbonyl (C=O) groups excluding carboxylic acids is 1. The molecule has 1 aromatic heterocycles. The Hall–Kier alpha value is -2.50. The number of hydrogen-bond acceptors (Lipinski definition) is 4. The minimum absolute atomic E-state index is 0.0519. The predicted octanol–water partition coefficient (Wildman–Crippen LogP) is 4.45. The molecule has 5 heteroatoms. The van der Waals surface area contributed by atoms with Crippen LogP contribution in [0.3, 0.4) is 0 Å². The van der Waals surface area contributed by atoms with Crippen molar-refractivity contribution in [2.24, 2.45) is 0 Å². The van der Waals surface area contributed by atoms with E-state index in [2.05, 4.69) is 0 Å². The van der Waals surface area contributed by atoms with Crippen LogP contribution in [0.15, 0.2) is 72.9 Å². The van der Waals surface area contributed by atoms with Crippen LogP contribution in [0.25, 0.3) is 0 Å². The van der Waals surface area contributed by atoms with Gasteiger partial charge in [-0.05, 0) is 36.8 Å². The standard InChI is InChI=1S/C18H15NO3S/c1-14-8-5-6-11-16(14)18(20)17-12-7-13-19(17)23-22-21-15-9-3-2-4-10-15/h2-13H,1H3. The Labute approximate surface area is 138 Å². The Balaban J connectivity index is 1.70. The van der Waals surface area contributed by atoms with E-state index in [0.29, 0.717) is 17.0 Å². The summed E-state index contributed by atoms with van der Waals surface area (Å²) in [5.41, 5.74) is 2.15. The third-order valence-corrected chi connectivity index (χ3v) is 3.93. The number of carbonyl (C=O) groups is 1. The van der Waals surface area contributed by atoms with Gasteiger partial charge in [0.2, 0.25) is 5.78 Å². The topological polar surface area (TPSA) is 40.5 Å². The van der Waals surface area contributed by atoms with Crippen molar-refractivity contribution in [1.82, 2.24) is 3.97 Å². The van der Waals surface area contributed by atoms with E-state index in [1.165, 1.54) is 0 Å². The molecule has 4 nitrogen and oxygen atoms in total. The summed E-state index contributed by atoms with van der Waals surface area (Å²) in [5.74, 6) is 0.544. The molecule has 0 spiro atoms. The highest BCUT2D eigenvalue weighted by Gasteiger charge is 2.16. The average molecular weight is 325 g/mol. The van der Waals surface area contributed by atoms with E-state index in [9.17, 15) is 4.79 Å². The zero-order chi connectivity index (χ0) is 16.1. The summed E-state index contributed by atoms with van der Waals surface area (Å²) in [7, 11) is 0. The molecular formula is C18H15NO3S. The Morgan fingerprint density at radius 3 is 2.48 bits per heavy atom. The van der Waals surface area contributed by atoms with Crippen LogP contribution in [-0.2, 0) is 4.33 Å². The van der Waals surface area contributed by atoms with Crippen LogP contribution in [0.5, 0.6) is 5.75 Å². The van der Waals surface area contributed by atoms with Gasteiger partial charge in [-0.1, -0.05) is 46.8 Å². The van der Waals surface area contributed by atoms with Crippen LogP contribution < -0.4 is 4.89 Å². The predicted molar refractivity (Wildman–Crippen MR) is 90.2 cm³/mol. The number of para-hydroxylation sites is 1. The number of aryl methyl sites for hydroxylation is 1. The second kappa shape index (κ2) is 7.17. The summed E-state index contributed by atoms with van der Waals surface area (Å²) in [5, 5.41) is 0. The van der Waals surface area contributed by atoms with Gasteiger partial charge in [-0.3, -0.25) is 8.77 Å². The highest BCUT2D eigenvalue weighted by molar-refractivity contribution is 7.93. The summed E-state index contributed by atoms with van der Waals surface area (Å²) < 4.78 is 6.79. The Morgan fingerprint density at radius 1 is 0.957 bits per heavy atom. The van der Waals surface area contributed by atoms with Crippen molar-refractivity contribution in [1.29, 1.82) is 0 Å². The summed E-state index contributed by atoms with van der Waals surface area (Å²) >= 11 is 0.951. The molecule has 0 radical (unpaired) electrons. The van der Waals surface area contributed by atoms with Gasteiger partial charge in [-0.2, -0.15) is 0 Å². The highest BCUT2D eigenvalue weighted by Crippen LogP contribution is 2.20. The van der Waals surface area contributed by atoms with E-state index in [4.69, 9.17) is 9.22 Å². The van der Waals surface area contributed by atoms with Crippen LogP contribution in [-0.4, -0.2) is 9.76 Å². The van der Waals surface area contributed by atoms with Crippen molar-refractivity contribution in [3.05, 3.63) is 89.7 Å². The molecule has 0 amide bonds. The minimum Gasteiger partial charge on any atom is -0.324 e. The maximum absolute atomic E-state index is 12.7. The van der Waals surface area contributed by atoms with Crippen molar-refractivity contribution >= 4 is 18.0 Å². The first-order valence-corrected chi connectivity index (χ1v) is 7.80. The fraction of sp³-hybridized carbons (Fsp3) is 0.0556. The SMILES string of the molecule is Cc1ccccc1C(=O)c1cccn1SOOc1ccccc1. The molecule has 0 aliphatic carbocycles. The summed E-state index contributed by atoms with van der Waals surface area (Å²) in [4.78, 5) is 17.8. The van der Waals surface area contributed by atoms with Gasteiger partial charge in [0.05, 0.1) is 0 Å². The summed E-state index contributed by atoms with van der Waals surface area (Å²) in [6.07, 6.45) is 1.75. The fourth-order valence-corrected chi connectivity index (χ4v) is 2.65. The zero-order valence-electron chi connectivity index (χ0n) is 12.5. The molecule has 0 fully saturated rings. The molecular weight excluding hydrogens is 310 g/mol. The number of rotatable bonds is 6. The van der Waals surface area contributed by atoms with Gasteiger partial charge in [-0.15, -0.1) is 0 Å². The van der Waals surface area contributed by atoms with E-state index in [-0.39, 0.29) is 5.78 Å². The Bertz CT molecular complexity index is 799. The van der Waals surface area contributed by atoms with Gasteiger partial charge >= 0.3 is 0 Å². The molecule has 23 heavy (non-hydrogen) atoms. The van der Waals surface area contributed by atoms with Gasteiger partial charge in [-0.25, -0.2) is 0 Å². The van der Waals surface area contributed by atoms with Crippen LogP contribution in [0, 0.1) is 6.92 Å². The monoisotopic (exact) mass is 325 g/mol. The van der Waals surface area contributed by atoms with Crippen LogP contribution in [0.2, 0.25) is 0 Å². The van der Waals surface area contributed by atoms with E-state index in [1.807, 2.05) is 49.4 Å². The number of benzene rings is 2. The zero-order valence-corrected chi connectivity index (χ0v) is 13.3. The number of nitrogens with zero attached hydrogens (tertiary/aromatic N) is 1. The lowest BCUT2D eigenvalue weighted by Crippen LogP contribution is -2.08. The lowest BCUT2D eigenvalue weighted by molar-refractivity contribution is -0.0787. The number of hydrogen-bond donors (Lipinski definition) is 0. The lowest BCUT2D eigenvalue weighted by atomic mass is 10.0. The highest BCUT2D eigenvalue weighted by atomic mass is 32.2. The third kappa shape index (κ3) is 3.64. The normalized spacial score (nSPS) is 10.5. The van der Waals surface area contributed by atoms with Crippen molar-refractivity contribution < 1.29 is 14.0 Å². The lowest BCUT2D eigenvalue weighted by Gasteiger charge is -2.08. The first-order chi connectivity index (χ1) is 11.3. The van der Waals surface area contributed by atoms with Crippen LogP contribution >= 0.6 is 12.2 Å². The molecule has 0 aliphatic rings. The maximum Gasteiger partial charge on any atom is 0.210 e. The van der Waals surface area contributed by atoms with Crippen molar-refractivity contribution in [2.75, 3.05) is 0 Å². The molecule has 0 bridgehead atoms. The molecule has 0 saturated carbocycles. The molecule has 0 unspecified atom stereocenters. The van der Waals surface area contributed by atoms with Gasteiger partial charge in [0.1, 0.15) is 5.69 Å². The molecule has 0 N–H and O–H groups in total. The number of aromatic nitrogens is 1. The molecule has 0 saturated heterocycles. The molecule has 0 atom stereocenters. The minimum atomic E-state index is -0.0519. The van der Waals surface area contributed by atoms with Gasteiger partial charge in [0.15, 0.2) is 18.0 Å². The second-order valence-corrected chi connectivity index (χ2v) is 5.58. The van der Waals surface area contributed by atoms with Crippen molar-refractivity contribution in [3.8, 4) is 5.75 Å². The molecule has 116 valence electrons. The maximum atomic E-state index is 12.7. The van der Waals surface area contributed by atoms with Crippen LogP contribution in [0.4, 0.5) is 0 Å². The Morgan fingerprint density at radius 2 is 1.70 bits per heavy atom. The molecule has 0 aliphatic heterocycles. The quantitative estimate of drug-likeness (QED) is 0.290. The first-order valence-electron chi connectivity index (χ1n) is 7.10. The third-order valence-electron chi connectivity index (χ3n) is 3.32. The second-order valence-electron chi connectivity index (χ2n) is 4.90. The van der Waals surface area contributed by atoms with Gasteiger partial charge in [0, 0.05) is 11.8 Å². The smallest absolute Gasteiger partial charge is 0.210 e. The van der Waals surface area contributed by atoms with Gasteiger partial charge in [0.25, 0.3) is 0 Å². The van der Waals surface area contributed by atoms with E-state index in [1.54, 1.807) is 34.4 Å². The molecule has 1 heterocycles. The van der Waals surface area contributed by atoms with E-state index < -0.39 is 0 Å². The van der Waals surface area contributed by atoms with E-state index in [0.717, 1.165) is 17.8 Å². The average Bonchev–Trinajstić information content (AvgIpc) is 3.04. The Kier molecular flexibility index (Phi) is 4.80. The fourth-order valence-electron chi connectivity index (χ4n) is 2.14. The van der Waals surface area contributed by atoms with Crippen molar-refractivity contribution in [3.63, 3.8) is 0 Å². The largest absolute Gasteiger partial charge is 0.324 e. The molecule has 3 rings (SSSR count). The first kappa shape index (κ1) is 15.4. The number of ketones is 1. The summed E-state index contributed by atoms with van der Waals surface area (Å²) in [6, 6.07) is 20.2. The van der Waals surface area contributed by atoms with Crippen molar-refractivity contribution in [2.45, 2.75) is 6.92 Å². The molecule has 2 aromatic carbocycles. The summed E-state index contributed by atoms with van der Waals surface area (Å²) in [6.45, 7) is 1.92. The van der Waals surface area contributed by atoms with E-state index >= 15 is 0 Å².